The van der Waals surface area contributed by atoms with Gasteiger partial charge in [0.25, 0.3) is 0 Å². The van der Waals surface area contributed by atoms with E-state index in [1.807, 2.05) is 0 Å². The second kappa shape index (κ2) is 5.60. The first-order valence-corrected chi connectivity index (χ1v) is 6.53. The molecule has 1 unspecified atom stereocenters. The fourth-order valence-corrected chi connectivity index (χ4v) is 2.43. The lowest BCUT2D eigenvalue weighted by atomic mass is 10.1. The fourth-order valence-electron chi connectivity index (χ4n) is 2.16. The number of hydrogen-bond acceptors (Lipinski definition) is 1. The number of rotatable bonds is 2. The van der Waals surface area contributed by atoms with Crippen molar-refractivity contribution in [1.82, 2.24) is 4.90 Å². The molecular weight excluding hydrogens is 298 g/mol. The molecule has 2 rings (SSSR count). The molecule has 0 N–H and O–H groups in total. The number of hydrogen-bond donors (Lipinski definition) is 0. The van der Waals surface area contributed by atoms with Crippen LogP contribution in [-0.4, -0.2) is 23.9 Å². The van der Waals surface area contributed by atoms with E-state index in [1.165, 1.54) is 4.90 Å². The van der Waals surface area contributed by atoms with Gasteiger partial charge in [0.2, 0.25) is 5.91 Å². The predicted octanol–water partition coefficient (Wildman–Crippen LogP) is 3.75. The molecule has 0 saturated carbocycles. The van der Waals surface area contributed by atoms with Crippen LogP contribution in [0.3, 0.4) is 0 Å². The number of benzene rings is 1. The number of alkyl halides is 4. The Morgan fingerprint density at radius 1 is 1.20 bits per heavy atom. The van der Waals surface area contributed by atoms with Crippen molar-refractivity contribution in [3.8, 4) is 0 Å². The molecule has 0 aliphatic carbocycles. The number of nitrogens with zero attached hydrogens (tertiary/aromatic N) is 1. The van der Waals surface area contributed by atoms with E-state index >= 15 is 0 Å². The van der Waals surface area contributed by atoms with Crippen LogP contribution >= 0.6 is 11.6 Å². The predicted molar refractivity (Wildman–Crippen MR) is 65.8 cm³/mol. The van der Waals surface area contributed by atoms with E-state index in [9.17, 15) is 22.4 Å². The van der Waals surface area contributed by atoms with Crippen molar-refractivity contribution in [3.05, 3.63) is 35.1 Å². The quantitative estimate of drug-likeness (QED) is 0.602. The molecule has 1 amide bonds. The average Bonchev–Trinajstić information content (AvgIpc) is 2.89. The van der Waals surface area contributed by atoms with Crippen molar-refractivity contribution < 1.29 is 22.4 Å². The standard InChI is InChI=1S/C13H12ClF4NO/c14-11(12(20)19-3-1-2-4-19)8-5-9(13(16,17)18)7-10(15)6-8/h5-7,11H,1-4H2. The summed E-state index contributed by atoms with van der Waals surface area (Å²) in [5, 5.41) is -1.30. The van der Waals surface area contributed by atoms with Crippen molar-refractivity contribution in [2.75, 3.05) is 13.1 Å². The van der Waals surface area contributed by atoms with Crippen LogP contribution in [0.4, 0.5) is 17.6 Å². The molecule has 1 saturated heterocycles. The Bertz CT molecular complexity index is 512. The highest BCUT2D eigenvalue weighted by Gasteiger charge is 2.33. The first-order valence-electron chi connectivity index (χ1n) is 6.09. The maximum Gasteiger partial charge on any atom is 0.416 e. The summed E-state index contributed by atoms with van der Waals surface area (Å²) in [6.45, 7) is 1.06. The minimum absolute atomic E-state index is 0.170. The smallest absolute Gasteiger partial charge is 0.341 e. The fraction of sp³-hybridized carbons (Fsp3) is 0.462. The van der Waals surface area contributed by atoms with E-state index in [-0.39, 0.29) is 5.56 Å². The van der Waals surface area contributed by atoms with Crippen LogP contribution in [0.5, 0.6) is 0 Å². The summed E-state index contributed by atoms with van der Waals surface area (Å²) in [5.74, 6) is -1.54. The van der Waals surface area contributed by atoms with E-state index in [4.69, 9.17) is 11.6 Å². The maximum atomic E-state index is 13.3. The van der Waals surface area contributed by atoms with Gasteiger partial charge in [-0.2, -0.15) is 13.2 Å². The van der Waals surface area contributed by atoms with Gasteiger partial charge in [0.1, 0.15) is 11.2 Å². The van der Waals surface area contributed by atoms with Crippen LogP contribution < -0.4 is 0 Å². The van der Waals surface area contributed by atoms with Crippen LogP contribution in [0.1, 0.15) is 29.3 Å². The van der Waals surface area contributed by atoms with Gasteiger partial charge in [0, 0.05) is 13.1 Å². The molecule has 20 heavy (non-hydrogen) atoms. The number of halogens is 5. The van der Waals surface area contributed by atoms with Gasteiger partial charge in [-0.1, -0.05) is 0 Å². The maximum absolute atomic E-state index is 13.3. The first-order chi connectivity index (χ1) is 9.29. The van der Waals surface area contributed by atoms with Gasteiger partial charge < -0.3 is 4.90 Å². The summed E-state index contributed by atoms with van der Waals surface area (Å²) in [7, 11) is 0. The van der Waals surface area contributed by atoms with Gasteiger partial charge in [0.15, 0.2) is 0 Å². The highest BCUT2D eigenvalue weighted by atomic mass is 35.5. The number of carbonyl (C=O) groups is 1. The molecule has 1 aromatic carbocycles. The third kappa shape index (κ3) is 3.23. The van der Waals surface area contributed by atoms with Crippen molar-refractivity contribution >= 4 is 17.5 Å². The Morgan fingerprint density at radius 3 is 2.35 bits per heavy atom. The van der Waals surface area contributed by atoms with Gasteiger partial charge >= 0.3 is 6.18 Å². The van der Waals surface area contributed by atoms with Crippen molar-refractivity contribution in [2.45, 2.75) is 24.4 Å². The third-order valence-corrected chi connectivity index (χ3v) is 3.61. The molecule has 1 aliphatic heterocycles. The summed E-state index contributed by atoms with van der Waals surface area (Å²) < 4.78 is 51.1. The monoisotopic (exact) mass is 309 g/mol. The molecule has 2 nitrogen and oxygen atoms in total. The molecule has 1 heterocycles. The highest BCUT2D eigenvalue weighted by molar-refractivity contribution is 6.30. The van der Waals surface area contributed by atoms with Crippen molar-refractivity contribution in [3.63, 3.8) is 0 Å². The van der Waals surface area contributed by atoms with Crippen LogP contribution in [-0.2, 0) is 11.0 Å². The molecule has 0 aromatic heterocycles. The Hall–Kier alpha value is -1.30. The number of likely N-dealkylation sites (tertiary alicyclic amines) is 1. The van der Waals surface area contributed by atoms with Crippen molar-refractivity contribution in [1.29, 1.82) is 0 Å². The Kier molecular flexibility index (Phi) is 4.22. The highest BCUT2D eigenvalue weighted by Crippen LogP contribution is 2.33. The van der Waals surface area contributed by atoms with Gasteiger partial charge in [-0.15, -0.1) is 11.6 Å². The van der Waals surface area contributed by atoms with Crippen LogP contribution in [0.2, 0.25) is 0 Å². The SMILES string of the molecule is O=C(C(Cl)c1cc(F)cc(C(F)(F)F)c1)N1CCCC1. The minimum Gasteiger partial charge on any atom is -0.341 e. The number of carbonyl (C=O) groups excluding carboxylic acids is 1. The van der Waals surface area contributed by atoms with Crippen LogP contribution in [0, 0.1) is 5.82 Å². The van der Waals surface area contributed by atoms with E-state index in [0.29, 0.717) is 25.2 Å². The lowest BCUT2D eigenvalue weighted by molar-refractivity contribution is -0.138. The summed E-state index contributed by atoms with van der Waals surface area (Å²) >= 11 is 5.91. The van der Waals surface area contributed by atoms with E-state index in [1.54, 1.807) is 0 Å². The summed E-state index contributed by atoms with van der Waals surface area (Å²) in [6, 6.07) is 1.96. The van der Waals surface area contributed by atoms with Gasteiger partial charge in [-0.3, -0.25) is 4.79 Å². The van der Waals surface area contributed by atoms with E-state index in [2.05, 4.69) is 0 Å². The lowest BCUT2D eigenvalue weighted by Crippen LogP contribution is -2.30. The number of amides is 1. The van der Waals surface area contributed by atoms with Crippen molar-refractivity contribution in [2.24, 2.45) is 0 Å². The lowest BCUT2D eigenvalue weighted by Gasteiger charge is -2.20. The van der Waals surface area contributed by atoms with Gasteiger partial charge in [-0.05, 0) is 36.6 Å². The second-order valence-electron chi connectivity index (χ2n) is 4.67. The first kappa shape index (κ1) is 15.1. The largest absolute Gasteiger partial charge is 0.416 e. The zero-order valence-corrected chi connectivity index (χ0v) is 11.1. The normalized spacial score (nSPS) is 17.4. The van der Waals surface area contributed by atoms with Gasteiger partial charge in [-0.25, -0.2) is 4.39 Å². The molecule has 110 valence electrons. The summed E-state index contributed by atoms with van der Waals surface area (Å²) in [5.41, 5.74) is -1.32. The molecule has 1 fully saturated rings. The third-order valence-electron chi connectivity index (χ3n) is 3.17. The topological polar surface area (TPSA) is 20.3 Å². The second-order valence-corrected chi connectivity index (χ2v) is 5.10. The molecule has 0 spiro atoms. The summed E-state index contributed by atoms with van der Waals surface area (Å²) in [4.78, 5) is 13.5. The van der Waals surface area contributed by atoms with E-state index < -0.39 is 28.8 Å². The molecule has 1 atom stereocenters. The van der Waals surface area contributed by atoms with Gasteiger partial charge in [0.05, 0.1) is 5.56 Å². The zero-order chi connectivity index (χ0) is 14.9. The molecule has 0 radical (unpaired) electrons. The molecule has 7 heteroatoms. The van der Waals surface area contributed by atoms with E-state index in [0.717, 1.165) is 18.9 Å². The Balaban J connectivity index is 2.27. The summed E-state index contributed by atoms with van der Waals surface area (Å²) in [6.07, 6.45) is -3.00. The Labute approximate surface area is 118 Å². The Morgan fingerprint density at radius 2 is 1.80 bits per heavy atom. The molecule has 1 aliphatic rings. The van der Waals surface area contributed by atoms with Crippen LogP contribution in [0.25, 0.3) is 0 Å². The minimum atomic E-state index is -4.68. The zero-order valence-electron chi connectivity index (χ0n) is 10.4. The average molecular weight is 310 g/mol. The van der Waals surface area contributed by atoms with Crippen LogP contribution in [0.15, 0.2) is 18.2 Å². The molecular formula is C13H12ClF4NO. The molecule has 1 aromatic rings. The molecule has 0 bridgehead atoms.